The van der Waals surface area contributed by atoms with Gasteiger partial charge in [-0.15, -0.1) is 22.2 Å². The van der Waals surface area contributed by atoms with Gasteiger partial charge < -0.3 is 0 Å². The largest absolute Gasteiger partial charge is 0.416 e. The molecule has 0 aliphatic heterocycles. The molecule has 0 bridgehead atoms. The monoisotopic (exact) mass is 258 g/mol. The second kappa shape index (κ2) is 4.55. The number of alkyl halides is 3. The van der Waals surface area contributed by atoms with Gasteiger partial charge in [0.2, 0.25) is 7.42 Å². The summed E-state index contributed by atoms with van der Waals surface area (Å²) >= 11 is 11.1. The Morgan fingerprint density at radius 2 is 1.71 bits per heavy atom. The van der Waals surface area contributed by atoms with E-state index < -0.39 is 19.2 Å². The quantitative estimate of drug-likeness (QED) is 0.563. The second-order valence-corrected chi connectivity index (χ2v) is 7.77. The van der Waals surface area contributed by atoms with Gasteiger partial charge in [-0.05, 0) is 17.7 Å². The van der Waals surface area contributed by atoms with Crippen LogP contribution in [-0.2, 0) is 12.2 Å². The van der Waals surface area contributed by atoms with Gasteiger partial charge in [0.15, 0.2) is 0 Å². The molecule has 0 radical (unpaired) electrons. The van der Waals surface area contributed by atoms with Crippen LogP contribution < -0.4 is 0 Å². The van der Waals surface area contributed by atoms with E-state index in [9.17, 15) is 13.2 Å². The summed E-state index contributed by atoms with van der Waals surface area (Å²) in [7, 11) is -2.05. The van der Waals surface area contributed by atoms with E-state index >= 15 is 0 Å². The first kappa shape index (κ1) is 11.9. The van der Waals surface area contributed by atoms with E-state index in [4.69, 9.17) is 22.2 Å². The minimum absolute atomic E-state index is 0.138. The fourth-order valence-electron chi connectivity index (χ4n) is 1.14. The maximum absolute atomic E-state index is 12.4. The van der Waals surface area contributed by atoms with Crippen molar-refractivity contribution in [2.24, 2.45) is 0 Å². The average molecular weight is 259 g/mol. The van der Waals surface area contributed by atoms with Gasteiger partial charge >= 0.3 is 6.18 Å². The summed E-state index contributed by atoms with van der Waals surface area (Å²) in [6.45, 7) is 0. The van der Waals surface area contributed by atoms with Crippen LogP contribution in [0.5, 0.6) is 0 Å². The molecule has 0 atom stereocenters. The molecule has 0 aliphatic rings. The van der Waals surface area contributed by atoms with Gasteiger partial charge in [0.1, 0.15) is 0 Å². The first-order valence-electron chi connectivity index (χ1n) is 3.84. The zero-order valence-electron chi connectivity index (χ0n) is 6.98. The van der Waals surface area contributed by atoms with Crippen molar-refractivity contribution in [2.45, 2.75) is 12.2 Å². The van der Waals surface area contributed by atoms with Crippen molar-refractivity contribution in [3.63, 3.8) is 0 Å². The summed E-state index contributed by atoms with van der Waals surface area (Å²) in [5.41, 5.74) is -0.458. The lowest BCUT2D eigenvalue weighted by atomic mass is 10.1. The minimum atomic E-state index is -4.33. The van der Waals surface area contributed by atoms with Crippen molar-refractivity contribution in [1.82, 2.24) is 0 Å². The lowest BCUT2D eigenvalue weighted by Crippen LogP contribution is -2.11. The predicted molar refractivity (Wildman–Crippen MR) is 54.0 cm³/mol. The summed E-state index contributed by atoms with van der Waals surface area (Å²) in [6.07, 6.45) is -4.33. The average Bonchev–Trinajstić information content (AvgIpc) is 2.01. The summed E-state index contributed by atoms with van der Waals surface area (Å²) in [6, 6.07) is 5.49. The van der Waals surface area contributed by atoms with Crippen molar-refractivity contribution >= 4 is 29.6 Å². The van der Waals surface area contributed by atoms with Gasteiger partial charge in [-0.3, -0.25) is 0 Å². The Morgan fingerprint density at radius 3 is 2.21 bits per heavy atom. The van der Waals surface area contributed by atoms with E-state index in [1.54, 1.807) is 6.07 Å². The molecule has 78 valence electrons. The number of halogens is 5. The molecule has 0 N–H and O–H groups in total. The fourth-order valence-corrected chi connectivity index (χ4v) is 2.83. The number of hydrogen-bond acceptors (Lipinski definition) is 0. The molecule has 6 heteroatoms. The number of hydrogen-bond donors (Lipinski definition) is 0. The molecule has 0 aromatic heterocycles. The third kappa shape index (κ3) is 3.19. The van der Waals surface area contributed by atoms with E-state index in [2.05, 4.69) is 0 Å². The molecule has 14 heavy (non-hydrogen) atoms. The van der Waals surface area contributed by atoms with Gasteiger partial charge in [-0.25, -0.2) is 0 Å². The fraction of sp³-hybridized carbons (Fsp3) is 0.250. The Labute approximate surface area is 90.7 Å². The Bertz CT molecular complexity index is 312. The summed E-state index contributed by atoms with van der Waals surface area (Å²) < 4.78 is 37.3. The van der Waals surface area contributed by atoms with Crippen LogP contribution in [0.3, 0.4) is 0 Å². The molecule has 0 heterocycles. The van der Waals surface area contributed by atoms with Crippen LogP contribution in [0.4, 0.5) is 13.2 Å². The Hall–Kier alpha value is -0.193. The minimum Gasteiger partial charge on any atom is -0.166 e. The molecule has 1 aromatic carbocycles. The molecular weight excluding hydrogens is 252 g/mol. The maximum atomic E-state index is 12.4. The first-order chi connectivity index (χ1) is 6.41. The molecule has 1 rings (SSSR count). The van der Waals surface area contributed by atoms with Crippen LogP contribution in [0, 0.1) is 0 Å². The van der Waals surface area contributed by atoms with Crippen molar-refractivity contribution < 1.29 is 13.2 Å². The van der Waals surface area contributed by atoms with Gasteiger partial charge in [0, 0.05) is 0 Å². The normalized spacial score (nSPS) is 12.1. The highest BCUT2D eigenvalue weighted by molar-refractivity contribution is 7.33. The van der Waals surface area contributed by atoms with E-state index in [1.165, 1.54) is 12.1 Å². The Balaban J connectivity index is 3.04. The summed E-state index contributed by atoms with van der Waals surface area (Å²) in [5.74, 6) is 0. The van der Waals surface area contributed by atoms with Crippen LogP contribution in [0.25, 0.3) is 0 Å². The zero-order valence-corrected chi connectivity index (χ0v) is 9.65. The Kier molecular flexibility index (Phi) is 3.86. The van der Waals surface area contributed by atoms with Crippen molar-refractivity contribution in [3.05, 3.63) is 35.4 Å². The first-order valence-corrected chi connectivity index (χ1v) is 8.15. The molecule has 0 unspecified atom stereocenters. The van der Waals surface area contributed by atoms with Crippen LogP contribution in [0.15, 0.2) is 24.3 Å². The smallest absolute Gasteiger partial charge is 0.166 e. The lowest BCUT2D eigenvalue weighted by molar-refractivity contribution is -0.138. The highest BCUT2D eigenvalue weighted by Crippen LogP contribution is 2.32. The molecular formula is C8H7Cl2F3Si. The molecule has 0 spiro atoms. The third-order valence-corrected chi connectivity index (χ3v) is 3.37. The SMILES string of the molecule is FC(F)(F)c1ccccc1C[SiH](Cl)Cl. The standard InChI is InChI=1S/C8H7Cl2F3Si/c9-14(10)5-6-3-1-2-4-7(6)8(11,12)13/h1-4,14H,5H2. The van der Waals surface area contributed by atoms with Crippen LogP contribution in [0.1, 0.15) is 11.1 Å². The van der Waals surface area contributed by atoms with Crippen LogP contribution >= 0.6 is 22.2 Å². The van der Waals surface area contributed by atoms with Crippen molar-refractivity contribution in [1.29, 1.82) is 0 Å². The summed E-state index contributed by atoms with van der Waals surface area (Å²) in [4.78, 5) is 0. The van der Waals surface area contributed by atoms with Crippen LogP contribution in [-0.4, -0.2) is 7.42 Å². The molecule has 0 fully saturated rings. The van der Waals surface area contributed by atoms with E-state index in [-0.39, 0.29) is 11.6 Å². The van der Waals surface area contributed by atoms with E-state index in [1.807, 2.05) is 0 Å². The highest BCUT2D eigenvalue weighted by atomic mass is 35.7. The molecule has 0 aliphatic carbocycles. The third-order valence-electron chi connectivity index (χ3n) is 1.70. The van der Waals surface area contributed by atoms with Crippen molar-refractivity contribution in [3.8, 4) is 0 Å². The topological polar surface area (TPSA) is 0 Å². The lowest BCUT2D eigenvalue weighted by Gasteiger charge is -2.12. The van der Waals surface area contributed by atoms with E-state index in [0.29, 0.717) is 0 Å². The highest BCUT2D eigenvalue weighted by Gasteiger charge is 2.33. The van der Waals surface area contributed by atoms with Gasteiger partial charge in [-0.1, -0.05) is 18.2 Å². The summed E-state index contributed by atoms with van der Waals surface area (Å²) in [5, 5.41) is 0. The molecule has 0 saturated heterocycles. The maximum Gasteiger partial charge on any atom is 0.416 e. The van der Waals surface area contributed by atoms with Gasteiger partial charge in [0.05, 0.1) is 5.56 Å². The molecule has 0 amide bonds. The van der Waals surface area contributed by atoms with Crippen molar-refractivity contribution in [2.75, 3.05) is 0 Å². The molecule has 1 aromatic rings. The molecule has 0 nitrogen and oxygen atoms in total. The van der Waals surface area contributed by atoms with E-state index in [0.717, 1.165) is 6.07 Å². The van der Waals surface area contributed by atoms with Gasteiger partial charge in [-0.2, -0.15) is 13.2 Å². The Morgan fingerprint density at radius 1 is 1.14 bits per heavy atom. The van der Waals surface area contributed by atoms with Gasteiger partial charge in [0.25, 0.3) is 0 Å². The molecule has 0 saturated carbocycles. The number of benzene rings is 1. The number of rotatable bonds is 2. The second-order valence-electron chi connectivity index (χ2n) is 2.75. The van der Waals surface area contributed by atoms with Crippen LogP contribution in [0.2, 0.25) is 0 Å². The zero-order chi connectivity index (χ0) is 10.8. The predicted octanol–water partition coefficient (Wildman–Crippen LogP) is 3.49.